The van der Waals surface area contributed by atoms with Gasteiger partial charge in [-0.25, -0.2) is 4.98 Å². The van der Waals surface area contributed by atoms with Crippen molar-refractivity contribution in [2.45, 2.75) is 12.8 Å². The predicted octanol–water partition coefficient (Wildman–Crippen LogP) is 0.828. The van der Waals surface area contributed by atoms with Gasteiger partial charge in [-0.15, -0.1) is 11.6 Å². The van der Waals surface area contributed by atoms with E-state index in [2.05, 4.69) is 4.98 Å². The first-order chi connectivity index (χ1) is 5.15. The molecule has 3 nitrogen and oxygen atoms in total. The zero-order valence-electron chi connectivity index (χ0n) is 6.47. The third-order valence-electron chi connectivity index (χ3n) is 1.48. The van der Waals surface area contributed by atoms with E-state index in [0.29, 0.717) is 11.5 Å². The lowest BCUT2D eigenvalue weighted by Gasteiger charge is -2.03. The number of halogens is 1. The monoisotopic (exact) mass is 172 g/mol. The SMILES string of the molecule is Cc1cc(=O)n(C)c(CCl)n1. The van der Waals surface area contributed by atoms with Crippen molar-refractivity contribution in [2.75, 3.05) is 0 Å². The molecule has 0 unspecified atom stereocenters. The molecule has 0 aliphatic rings. The van der Waals surface area contributed by atoms with E-state index in [4.69, 9.17) is 11.6 Å². The molecule has 0 saturated heterocycles. The van der Waals surface area contributed by atoms with E-state index in [1.165, 1.54) is 10.6 Å². The number of alkyl halides is 1. The Bertz CT molecular complexity index is 319. The summed E-state index contributed by atoms with van der Waals surface area (Å²) in [5.74, 6) is 0.879. The van der Waals surface area contributed by atoms with Crippen molar-refractivity contribution in [1.82, 2.24) is 9.55 Å². The van der Waals surface area contributed by atoms with Gasteiger partial charge in [0.15, 0.2) is 0 Å². The van der Waals surface area contributed by atoms with Crippen LogP contribution in [0, 0.1) is 6.92 Å². The van der Waals surface area contributed by atoms with Crippen molar-refractivity contribution in [3.05, 3.63) is 27.9 Å². The first-order valence-electron chi connectivity index (χ1n) is 3.24. The summed E-state index contributed by atoms with van der Waals surface area (Å²) >= 11 is 5.55. The van der Waals surface area contributed by atoms with Crippen molar-refractivity contribution in [2.24, 2.45) is 7.05 Å². The molecular weight excluding hydrogens is 164 g/mol. The minimum Gasteiger partial charge on any atom is -0.299 e. The van der Waals surface area contributed by atoms with E-state index in [1.807, 2.05) is 0 Å². The fourth-order valence-corrected chi connectivity index (χ4v) is 1.07. The molecule has 1 aromatic heterocycles. The highest BCUT2D eigenvalue weighted by molar-refractivity contribution is 6.16. The molecule has 1 aromatic rings. The minimum absolute atomic E-state index is 0.0619. The first-order valence-corrected chi connectivity index (χ1v) is 3.78. The summed E-state index contributed by atoms with van der Waals surface area (Å²) in [4.78, 5) is 15.2. The lowest BCUT2D eigenvalue weighted by Crippen LogP contribution is -2.21. The molecule has 0 N–H and O–H groups in total. The molecule has 0 aliphatic heterocycles. The largest absolute Gasteiger partial charge is 0.299 e. The molecule has 0 amide bonds. The Morgan fingerprint density at radius 3 is 2.91 bits per heavy atom. The van der Waals surface area contributed by atoms with Crippen molar-refractivity contribution in [3.63, 3.8) is 0 Å². The normalized spacial score (nSPS) is 10.1. The van der Waals surface area contributed by atoms with E-state index >= 15 is 0 Å². The Labute approximate surface area is 69.6 Å². The Balaban J connectivity index is 3.36. The highest BCUT2D eigenvalue weighted by atomic mass is 35.5. The molecule has 0 aromatic carbocycles. The van der Waals surface area contributed by atoms with Crippen LogP contribution in [0.2, 0.25) is 0 Å². The number of nitrogens with zero attached hydrogens (tertiary/aromatic N) is 2. The van der Waals surface area contributed by atoms with Crippen molar-refractivity contribution in [1.29, 1.82) is 0 Å². The van der Waals surface area contributed by atoms with E-state index in [9.17, 15) is 4.79 Å². The van der Waals surface area contributed by atoms with E-state index in [1.54, 1.807) is 14.0 Å². The first kappa shape index (κ1) is 8.27. The highest BCUT2D eigenvalue weighted by Crippen LogP contribution is 1.96. The minimum atomic E-state index is -0.0619. The van der Waals surface area contributed by atoms with Gasteiger partial charge < -0.3 is 0 Å². The molecule has 1 rings (SSSR count). The molecule has 0 bridgehead atoms. The summed E-state index contributed by atoms with van der Waals surface area (Å²) < 4.78 is 1.44. The molecule has 0 atom stereocenters. The van der Waals surface area contributed by atoms with Gasteiger partial charge in [0.1, 0.15) is 5.82 Å². The molecule has 0 aliphatic carbocycles. The number of rotatable bonds is 1. The van der Waals surface area contributed by atoms with Crippen molar-refractivity contribution in [3.8, 4) is 0 Å². The van der Waals surface area contributed by atoms with Crippen molar-refractivity contribution >= 4 is 11.6 Å². The number of hydrogen-bond donors (Lipinski definition) is 0. The third-order valence-corrected chi connectivity index (χ3v) is 1.71. The second kappa shape index (κ2) is 3.05. The Hall–Kier alpha value is -0.830. The summed E-state index contributed by atoms with van der Waals surface area (Å²) in [6, 6.07) is 1.48. The molecule has 0 saturated carbocycles. The van der Waals surface area contributed by atoms with Gasteiger partial charge in [0.05, 0.1) is 5.88 Å². The fourth-order valence-electron chi connectivity index (χ4n) is 0.833. The van der Waals surface area contributed by atoms with Crippen molar-refractivity contribution < 1.29 is 0 Å². The van der Waals surface area contributed by atoms with Gasteiger partial charge in [-0.2, -0.15) is 0 Å². The highest BCUT2D eigenvalue weighted by Gasteiger charge is 2.00. The average Bonchev–Trinajstić information content (AvgIpc) is 1.96. The number of aryl methyl sites for hydroxylation is 1. The van der Waals surface area contributed by atoms with E-state index < -0.39 is 0 Å². The topological polar surface area (TPSA) is 34.9 Å². The number of aromatic nitrogens is 2. The van der Waals surface area contributed by atoms with Gasteiger partial charge in [-0.1, -0.05) is 0 Å². The summed E-state index contributed by atoms with van der Waals surface area (Å²) in [6.07, 6.45) is 0. The maximum Gasteiger partial charge on any atom is 0.253 e. The molecule has 11 heavy (non-hydrogen) atoms. The van der Waals surface area contributed by atoms with Gasteiger partial charge in [0.25, 0.3) is 5.56 Å². The Kier molecular flexibility index (Phi) is 2.29. The van der Waals surface area contributed by atoms with Gasteiger partial charge in [-0.05, 0) is 6.92 Å². The zero-order valence-corrected chi connectivity index (χ0v) is 7.22. The molecule has 1 heterocycles. The van der Waals surface area contributed by atoms with E-state index in [-0.39, 0.29) is 11.4 Å². The van der Waals surface area contributed by atoms with Crippen LogP contribution in [-0.4, -0.2) is 9.55 Å². The molecule has 4 heteroatoms. The molecular formula is C7H9ClN2O. The summed E-state index contributed by atoms with van der Waals surface area (Å²) in [5.41, 5.74) is 0.650. The standard InChI is InChI=1S/C7H9ClN2O/c1-5-3-7(11)10(2)6(4-8)9-5/h3H,4H2,1-2H3. The van der Waals surface area contributed by atoms with Crippen LogP contribution in [0.15, 0.2) is 10.9 Å². The van der Waals surface area contributed by atoms with Gasteiger partial charge in [0, 0.05) is 18.8 Å². The van der Waals surface area contributed by atoms with Crippen LogP contribution in [-0.2, 0) is 12.9 Å². The second-order valence-corrected chi connectivity index (χ2v) is 2.61. The Morgan fingerprint density at radius 2 is 2.36 bits per heavy atom. The van der Waals surface area contributed by atoms with E-state index in [0.717, 1.165) is 0 Å². The van der Waals surface area contributed by atoms with Crippen LogP contribution in [0.3, 0.4) is 0 Å². The molecule has 0 radical (unpaired) electrons. The van der Waals surface area contributed by atoms with Gasteiger partial charge >= 0.3 is 0 Å². The van der Waals surface area contributed by atoms with Crippen LogP contribution in [0.4, 0.5) is 0 Å². The van der Waals surface area contributed by atoms with Crippen LogP contribution in [0.1, 0.15) is 11.5 Å². The maximum atomic E-state index is 11.1. The second-order valence-electron chi connectivity index (χ2n) is 2.34. The fraction of sp³-hybridized carbons (Fsp3) is 0.429. The lowest BCUT2D eigenvalue weighted by molar-refractivity contribution is 0.756. The van der Waals surface area contributed by atoms with Gasteiger partial charge in [-0.3, -0.25) is 9.36 Å². The smallest absolute Gasteiger partial charge is 0.253 e. The average molecular weight is 173 g/mol. The maximum absolute atomic E-state index is 11.1. The van der Waals surface area contributed by atoms with Crippen LogP contribution < -0.4 is 5.56 Å². The molecule has 60 valence electrons. The zero-order chi connectivity index (χ0) is 8.43. The predicted molar refractivity (Wildman–Crippen MR) is 43.8 cm³/mol. The number of hydrogen-bond acceptors (Lipinski definition) is 2. The van der Waals surface area contributed by atoms with Gasteiger partial charge in [0.2, 0.25) is 0 Å². The Morgan fingerprint density at radius 1 is 1.73 bits per heavy atom. The molecule has 0 spiro atoms. The van der Waals surface area contributed by atoms with Crippen LogP contribution >= 0.6 is 11.6 Å². The lowest BCUT2D eigenvalue weighted by atomic mass is 10.4. The van der Waals surface area contributed by atoms with Crippen LogP contribution in [0.5, 0.6) is 0 Å². The summed E-state index contributed by atoms with van der Waals surface area (Å²) in [7, 11) is 1.66. The summed E-state index contributed by atoms with van der Waals surface area (Å²) in [6.45, 7) is 1.78. The summed E-state index contributed by atoms with van der Waals surface area (Å²) in [5, 5.41) is 0. The third kappa shape index (κ3) is 1.60. The molecule has 0 fully saturated rings. The quantitative estimate of drug-likeness (QED) is 0.589. The van der Waals surface area contributed by atoms with Crippen LogP contribution in [0.25, 0.3) is 0 Å².